The van der Waals surface area contributed by atoms with Crippen molar-refractivity contribution in [3.63, 3.8) is 0 Å². The van der Waals surface area contributed by atoms with Gasteiger partial charge >= 0.3 is 0 Å². The summed E-state index contributed by atoms with van der Waals surface area (Å²) in [6.07, 6.45) is 0.662. The summed E-state index contributed by atoms with van der Waals surface area (Å²) in [5.41, 5.74) is 10.7. The molecule has 3 N–H and O–H groups in total. The summed E-state index contributed by atoms with van der Waals surface area (Å²) in [5.74, 6) is 0.187. The number of phenols is 1. The summed E-state index contributed by atoms with van der Waals surface area (Å²) in [6, 6.07) is 24.5. The largest absolute Gasteiger partial charge is 0.505 e. The predicted molar refractivity (Wildman–Crippen MR) is 100 cm³/mol. The summed E-state index contributed by atoms with van der Waals surface area (Å²) in [6.45, 7) is 4.36. The lowest BCUT2D eigenvalue weighted by Crippen LogP contribution is -2.19. The lowest BCUT2D eigenvalue weighted by atomic mass is 9.77. The topological polar surface area (TPSA) is 46.2 Å². The van der Waals surface area contributed by atoms with E-state index in [1.807, 2.05) is 42.5 Å². The van der Waals surface area contributed by atoms with Gasteiger partial charge in [0.15, 0.2) is 0 Å². The van der Waals surface area contributed by atoms with Crippen molar-refractivity contribution in [3.05, 3.63) is 95.1 Å². The maximum atomic E-state index is 10.4. The molecule has 0 fully saturated rings. The fourth-order valence-electron chi connectivity index (χ4n) is 3.05. The SMILES string of the molecule is CC(C)(c1ccccc1)c1cc(N)c(O)c(Cc2ccccc2)c1. The number of anilines is 1. The minimum absolute atomic E-state index is 0.186. The van der Waals surface area contributed by atoms with Crippen molar-refractivity contribution in [3.8, 4) is 5.75 Å². The molecule has 3 rings (SSSR count). The standard InChI is InChI=1S/C22H23NO/c1-22(2,18-11-7-4-8-12-18)19-14-17(21(24)20(23)15-19)13-16-9-5-3-6-10-16/h3-12,14-15,24H,13,23H2,1-2H3. The smallest absolute Gasteiger partial charge is 0.142 e. The van der Waals surface area contributed by atoms with E-state index in [0.29, 0.717) is 12.1 Å². The summed E-state index contributed by atoms with van der Waals surface area (Å²) >= 11 is 0. The third-order valence-electron chi connectivity index (χ3n) is 4.67. The number of nitrogen functional groups attached to an aromatic ring is 1. The molecule has 0 unspecified atom stereocenters. The van der Waals surface area contributed by atoms with Crippen LogP contribution in [0.1, 0.15) is 36.1 Å². The summed E-state index contributed by atoms with van der Waals surface area (Å²) in [5, 5.41) is 10.4. The third-order valence-corrected chi connectivity index (χ3v) is 4.67. The van der Waals surface area contributed by atoms with Gasteiger partial charge in [-0.2, -0.15) is 0 Å². The Bertz CT molecular complexity index is 823. The molecule has 0 atom stereocenters. The first-order valence-corrected chi connectivity index (χ1v) is 8.20. The quantitative estimate of drug-likeness (QED) is 0.531. The minimum atomic E-state index is -0.186. The summed E-state index contributed by atoms with van der Waals surface area (Å²) in [4.78, 5) is 0. The van der Waals surface area contributed by atoms with Crippen LogP contribution in [-0.2, 0) is 11.8 Å². The van der Waals surface area contributed by atoms with Crippen molar-refractivity contribution in [2.75, 3.05) is 5.73 Å². The predicted octanol–water partition coefficient (Wildman–Crippen LogP) is 4.89. The molecule has 0 amide bonds. The van der Waals surface area contributed by atoms with Crippen molar-refractivity contribution in [1.29, 1.82) is 0 Å². The van der Waals surface area contributed by atoms with Crippen LogP contribution in [0.2, 0.25) is 0 Å². The average Bonchev–Trinajstić information content (AvgIpc) is 2.60. The summed E-state index contributed by atoms with van der Waals surface area (Å²) in [7, 11) is 0. The van der Waals surface area contributed by atoms with E-state index in [-0.39, 0.29) is 11.2 Å². The molecule has 0 aliphatic heterocycles. The fraction of sp³-hybridized carbons (Fsp3) is 0.182. The van der Waals surface area contributed by atoms with Crippen LogP contribution in [0.5, 0.6) is 5.75 Å². The van der Waals surface area contributed by atoms with Crippen LogP contribution in [-0.4, -0.2) is 5.11 Å². The van der Waals surface area contributed by atoms with Gasteiger partial charge in [-0.15, -0.1) is 0 Å². The van der Waals surface area contributed by atoms with Gasteiger partial charge < -0.3 is 10.8 Å². The van der Waals surface area contributed by atoms with Crippen LogP contribution in [0, 0.1) is 0 Å². The molecule has 3 aromatic rings. The Morgan fingerprint density at radius 3 is 2.04 bits per heavy atom. The molecule has 0 aromatic heterocycles. The van der Waals surface area contributed by atoms with Crippen LogP contribution >= 0.6 is 0 Å². The maximum absolute atomic E-state index is 10.4. The van der Waals surface area contributed by atoms with Crippen molar-refractivity contribution in [2.45, 2.75) is 25.7 Å². The van der Waals surface area contributed by atoms with E-state index in [2.05, 4.69) is 44.2 Å². The first-order valence-electron chi connectivity index (χ1n) is 8.20. The molecule has 0 aliphatic rings. The van der Waals surface area contributed by atoms with Gasteiger partial charge in [0.1, 0.15) is 5.75 Å². The zero-order chi connectivity index (χ0) is 17.2. The van der Waals surface area contributed by atoms with Crippen LogP contribution in [0.4, 0.5) is 5.69 Å². The van der Waals surface area contributed by atoms with Gasteiger partial charge in [-0.3, -0.25) is 0 Å². The zero-order valence-corrected chi connectivity index (χ0v) is 14.2. The highest BCUT2D eigenvalue weighted by Crippen LogP contribution is 2.37. The molecule has 0 spiro atoms. The van der Waals surface area contributed by atoms with Gasteiger partial charge in [0.05, 0.1) is 5.69 Å². The molecular formula is C22H23NO. The van der Waals surface area contributed by atoms with Gasteiger partial charge in [0.25, 0.3) is 0 Å². The Balaban J connectivity index is 2.04. The summed E-state index contributed by atoms with van der Waals surface area (Å²) < 4.78 is 0. The van der Waals surface area contributed by atoms with Gasteiger partial charge in [-0.05, 0) is 22.8 Å². The van der Waals surface area contributed by atoms with E-state index in [1.54, 1.807) is 0 Å². The Labute approximate surface area is 143 Å². The van der Waals surface area contributed by atoms with E-state index < -0.39 is 0 Å². The molecule has 0 aliphatic carbocycles. The molecule has 0 saturated carbocycles. The van der Waals surface area contributed by atoms with Crippen molar-refractivity contribution < 1.29 is 5.11 Å². The number of rotatable bonds is 4. The van der Waals surface area contributed by atoms with Crippen molar-refractivity contribution >= 4 is 5.69 Å². The number of nitrogens with two attached hydrogens (primary N) is 1. The third kappa shape index (κ3) is 3.13. The van der Waals surface area contributed by atoms with E-state index >= 15 is 0 Å². The highest BCUT2D eigenvalue weighted by atomic mass is 16.3. The molecule has 0 saturated heterocycles. The monoisotopic (exact) mass is 317 g/mol. The van der Waals surface area contributed by atoms with E-state index in [4.69, 9.17) is 5.73 Å². The van der Waals surface area contributed by atoms with Crippen LogP contribution in [0.3, 0.4) is 0 Å². The van der Waals surface area contributed by atoms with Crippen molar-refractivity contribution in [1.82, 2.24) is 0 Å². The first-order chi connectivity index (χ1) is 11.5. The maximum Gasteiger partial charge on any atom is 0.142 e. The Hall–Kier alpha value is -2.74. The normalized spacial score (nSPS) is 11.4. The highest BCUT2D eigenvalue weighted by Gasteiger charge is 2.25. The van der Waals surface area contributed by atoms with E-state index in [0.717, 1.165) is 16.7 Å². The molecule has 2 nitrogen and oxygen atoms in total. The highest BCUT2D eigenvalue weighted by molar-refractivity contribution is 5.61. The second-order valence-electron chi connectivity index (χ2n) is 6.73. The molecule has 0 heterocycles. The number of hydrogen-bond donors (Lipinski definition) is 2. The second-order valence-corrected chi connectivity index (χ2v) is 6.73. The van der Waals surface area contributed by atoms with Gasteiger partial charge in [-0.1, -0.05) is 80.6 Å². The molecule has 0 radical (unpaired) electrons. The molecule has 2 heteroatoms. The van der Waals surface area contributed by atoms with E-state index in [1.165, 1.54) is 5.56 Å². The number of hydrogen-bond acceptors (Lipinski definition) is 2. The number of phenolic OH excluding ortho intramolecular Hbond substituents is 1. The first kappa shape index (κ1) is 16.1. The van der Waals surface area contributed by atoms with Gasteiger partial charge in [0.2, 0.25) is 0 Å². The zero-order valence-electron chi connectivity index (χ0n) is 14.2. The Kier molecular flexibility index (Phi) is 4.30. The van der Waals surface area contributed by atoms with Gasteiger partial charge in [-0.25, -0.2) is 0 Å². The Morgan fingerprint density at radius 1 is 0.833 bits per heavy atom. The number of benzene rings is 3. The second kappa shape index (κ2) is 6.40. The van der Waals surface area contributed by atoms with Crippen molar-refractivity contribution in [2.24, 2.45) is 0 Å². The van der Waals surface area contributed by atoms with Gasteiger partial charge in [0, 0.05) is 17.4 Å². The molecule has 3 aromatic carbocycles. The lowest BCUT2D eigenvalue weighted by Gasteiger charge is -2.27. The molecular weight excluding hydrogens is 294 g/mol. The number of aromatic hydroxyl groups is 1. The Morgan fingerprint density at radius 2 is 1.42 bits per heavy atom. The van der Waals surface area contributed by atoms with Crippen LogP contribution in [0.25, 0.3) is 0 Å². The fourth-order valence-corrected chi connectivity index (χ4v) is 3.05. The molecule has 24 heavy (non-hydrogen) atoms. The molecule has 122 valence electrons. The molecule has 0 bridgehead atoms. The lowest BCUT2D eigenvalue weighted by molar-refractivity contribution is 0.471. The minimum Gasteiger partial charge on any atom is -0.505 e. The average molecular weight is 317 g/mol. The van der Waals surface area contributed by atoms with E-state index in [9.17, 15) is 5.11 Å². The van der Waals surface area contributed by atoms with Crippen LogP contribution < -0.4 is 5.73 Å². The van der Waals surface area contributed by atoms with Crippen LogP contribution in [0.15, 0.2) is 72.8 Å².